The van der Waals surface area contributed by atoms with Crippen molar-refractivity contribution in [2.45, 2.75) is 59.4 Å². The van der Waals surface area contributed by atoms with E-state index in [0.717, 1.165) is 38.4 Å². The molecule has 2 rings (SSSR count). The Balaban J connectivity index is 1.88. The molecule has 0 radical (unpaired) electrons. The van der Waals surface area contributed by atoms with Gasteiger partial charge in [0.2, 0.25) is 5.91 Å². The zero-order chi connectivity index (χ0) is 14.0. The van der Waals surface area contributed by atoms with Crippen LogP contribution in [0.25, 0.3) is 0 Å². The van der Waals surface area contributed by atoms with Gasteiger partial charge in [0.15, 0.2) is 0 Å². The maximum absolute atomic E-state index is 12.6. The van der Waals surface area contributed by atoms with E-state index in [1.165, 1.54) is 12.8 Å². The first-order valence-electron chi connectivity index (χ1n) is 7.94. The lowest BCUT2D eigenvalue weighted by Crippen LogP contribution is -2.59. The molecule has 3 nitrogen and oxygen atoms in total. The fraction of sp³-hybridized carbons (Fsp3) is 0.938. The molecule has 1 saturated carbocycles. The maximum Gasteiger partial charge on any atom is 0.226 e. The van der Waals surface area contributed by atoms with E-state index in [9.17, 15) is 4.79 Å². The predicted molar refractivity (Wildman–Crippen MR) is 78.9 cm³/mol. The normalized spacial score (nSPS) is 28.8. The van der Waals surface area contributed by atoms with Gasteiger partial charge in [-0.25, -0.2) is 0 Å². The summed E-state index contributed by atoms with van der Waals surface area (Å²) in [6.07, 6.45) is 4.63. The molecule has 1 heterocycles. The molecular weight excluding hydrogens is 236 g/mol. The second kappa shape index (κ2) is 5.82. The number of carbonyl (C=O) groups excluding carboxylic acids is 1. The molecule has 3 heteroatoms. The van der Waals surface area contributed by atoms with E-state index < -0.39 is 0 Å². The maximum atomic E-state index is 12.6. The molecule has 1 saturated heterocycles. The first-order chi connectivity index (χ1) is 8.93. The van der Waals surface area contributed by atoms with E-state index >= 15 is 0 Å². The van der Waals surface area contributed by atoms with E-state index in [1.54, 1.807) is 0 Å². The summed E-state index contributed by atoms with van der Waals surface area (Å²) in [4.78, 5) is 14.7. The van der Waals surface area contributed by atoms with Crippen molar-refractivity contribution in [3.63, 3.8) is 0 Å². The topological polar surface area (TPSA) is 32.3 Å². The zero-order valence-electron chi connectivity index (χ0n) is 13.0. The summed E-state index contributed by atoms with van der Waals surface area (Å²) in [5, 5.41) is 3.27. The zero-order valence-corrected chi connectivity index (χ0v) is 13.0. The van der Waals surface area contributed by atoms with Gasteiger partial charge in [-0.05, 0) is 43.9 Å². The van der Waals surface area contributed by atoms with Gasteiger partial charge in [0.05, 0.1) is 6.04 Å². The lowest BCUT2D eigenvalue weighted by Gasteiger charge is -2.42. The second-order valence-electron chi connectivity index (χ2n) is 7.35. The molecule has 0 atom stereocenters. The van der Waals surface area contributed by atoms with Crippen molar-refractivity contribution in [2.24, 2.45) is 17.3 Å². The van der Waals surface area contributed by atoms with Crippen LogP contribution in [0.4, 0.5) is 0 Å². The van der Waals surface area contributed by atoms with Crippen LogP contribution in [-0.2, 0) is 4.79 Å². The third-order valence-corrected chi connectivity index (χ3v) is 5.13. The molecule has 2 aliphatic rings. The van der Waals surface area contributed by atoms with Crippen LogP contribution in [0.15, 0.2) is 0 Å². The molecular formula is C16H30N2O. The molecule has 0 spiro atoms. The van der Waals surface area contributed by atoms with Gasteiger partial charge in [0.25, 0.3) is 0 Å². The first-order valence-corrected chi connectivity index (χ1v) is 7.94. The predicted octanol–water partition coefficient (Wildman–Crippen LogP) is 2.66. The molecule has 1 amide bonds. The number of carbonyl (C=O) groups is 1. The van der Waals surface area contributed by atoms with Crippen molar-refractivity contribution in [1.29, 1.82) is 0 Å². The number of nitrogens with zero attached hydrogens (tertiary/aromatic N) is 1. The Kier molecular flexibility index (Phi) is 4.54. The molecule has 2 fully saturated rings. The average molecular weight is 266 g/mol. The molecule has 1 N–H and O–H groups in total. The molecule has 0 aromatic heterocycles. The number of hydrogen-bond donors (Lipinski definition) is 1. The van der Waals surface area contributed by atoms with Gasteiger partial charge in [-0.1, -0.05) is 20.8 Å². The minimum Gasteiger partial charge on any atom is -0.337 e. The van der Waals surface area contributed by atoms with Crippen LogP contribution in [0, 0.1) is 17.3 Å². The van der Waals surface area contributed by atoms with E-state index in [4.69, 9.17) is 0 Å². The minimum atomic E-state index is 0.291. The van der Waals surface area contributed by atoms with Crippen LogP contribution in [0.3, 0.4) is 0 Å². The Labute approximate surface area is 118 Å². The number of amides is 1. The molecule has 0 aromatic rings. The van der Waals surface area contributed by atoms with Crippen molar-refractivity contribution < 1.29 is 4.79 Å². The van der Waals surface area contributed by atoms with Crippen molar-refractivity contribution >= 4 is 5.91 Å². The molecule has 0 aromatic carbocycles. The van der Waals surface area contributed by atoms with Crippen LogP contribution < -0.4 is 5.32 Å². The summed E-state index contributed by atoms with van der Waals surface area (Å²) in [7, 11) is 0. The third-order valence-electron chi connectivity index (χ3n) is 5.13. The Bertz CT molecular complexity index is 309. The molecule has 1 aliphatic carbocycles. The summed E-state index contributed by atoms with van der Waals surface area (Å²) in [5.41, 5.74) is 0.399. The highest BCUT2D eigenvalue weighted by molar-refractivity contribution is 5.79. The van der Waals surface area contributed by atoms with E-state index in [2.05, 4.69) is 37.9 Å². The fourth-order valence-corrected chi connectivity index (χ4v) is 3.53. The van der Waals surface area contributed by atoms with Gasteiger partial charge < -0.3 is 10.2 Å². The molecule has 0 bridgehead atoms. The summed E-state index contributed by atoms with van der Waals surface area (Å²) < 4.78 is 0. The van der Waals surface area contributed by atoms with Gasteiger partial charge in [-0.3, -0.25) is 4.79 Å². The summed E-state index contributed by atoms with van der Waals surface area (Å²) >= 11 is 0. The van der Waals surface area contributed by atoms with Gasteiger partial charge in [-0.2, -0.15) is 0 Å². The van der Waals surface area contributed by atoms with Crippen LogP contribution in [0.1, 0.15) is 53.4 Å². The number of hydrogen-bond acceptors (Lipinski definition) is 2. The lowest BCUT2D eigenvalue weighted by atomic mass is 9.69. The van der Waals surface area contributed by atoms with Gasteiger partial charge in [0.1, 0.15) is 0 Å². The fourth-order valence-electron chi connectivity index (χ4n) is 3.53. The number of nitrogens with one attached hydrogen (secondary N) is 1. The van der Waals surface area contributed by atoms with E-state index in [0.29, 0.717) is 23.3 Å². The van der Waals surface area contributed by atoms with Crippen molar-refractivity contribution in [1.82, 2.24) is 10.2 Å². The number of likely N-dealkylation sites (N-methyl/N-ethyl adjacent to an activating group) is 1. The first kappa shape index (κ1) is 14.8. The average Bonchev–Trinajstić information content (AvgIpc) is 2.31. The summed E-state index contributed by atoms with van der Waals surface area (Å²) in [6.45, 7) is 11.9. The Morgan fingerprint density at radius 1 is 1.16 bits per heavy atom. The van der Waals surface area contributed by atoms with Crippen molar-refractivity contribution in [3.8, 4) is 0 Å². The molecule has 110 valence electrons. The standard InChI is InChI=1S/C16H30N2O/c1-5-18(14-10-17-11-14)15(19)12-6-8-13(9-7-12)16(2,3)4/h12-14,17H,5-11H2,1-4H3. The summed E-state index contributed by atoms with van der Waals surface area (Å²) in [6, 6.07) is 0.456. The Morgan fingerprint density at radius 2 is 1.74 bits per heavy atom. The number of rotatable bonds is 3. The monoisotopic (exact) mass is 266 g/mol. The van der Waals surface area contributed by atoms with Crippen LogP contribution in [-0.4, -0.2) is 36.5 Å². The van der Waals surface area contributed by atoms with Crippen LogP contribution >= 0.6 is 0 Å². The summed E-state index contributed by atoms with van der Waals surface area (Å²) in [5.74, 6) is 1.50. The molecule has 1 aliphatic heterocycles. The van der Waals surface area contributed by atoms with Crippen molar-refractivity contribution in [2.75, 3.05) is 19.6 Å². The highest BCUT2D eigenvalue weighted by Crippen LogP contribution is 2.40. The Hall–Kier alpha value is -0.570. The van der Waals surface area contributed by atoms with E-state index in [-0.39, 0.29) is 0 Å². The minimum absolute atomic E-state index is 0.291. The van der Waals surface area contributed by atoms with Crippen LogP contribution in [0.2, 0.25) is 0 Å². The smallest absolute Gasteiger partial charge is 0.226 e. The third kappa shape index (κ3) is 3.31. The quantitative estimate of drug-likeness (QED) is 0.852. The van der Waals surface area contributed by atoms with Crippen LogP contribution in [0.5, 0.6) is 0 Å². The van der Waals surface area contributed by atoms with Gasteiger partial charge >= 0.3 is 0 Å². The molecule has 0 unspecified atom stereocenters. The SMILES string of the molecule is CCN(C(=O)C1CCC(C(C)(C)C)CC1)C1CNC1. The largest absolute Gasteiger partial charge is 0.337 e. The van der Waals surface area contributed by atoms with Crippen molar-refractivity contribution in [3.05, 3.63) is 0 Å². The second-order valence-corrected chi connectivity index (χ2v) is 7.35. The lowest BCUT2D eigenvalue weighted by molar-refractivity contribution is -0.140. The van der Waals surface area contributed by atoms with E-state index in [1.807, 2.05) is 0 Å². The highest BCUT2D eigenvalue weighted by atomic mass is 16.2. The van der Waals surface area contributed by atoms with Gasteiger partial charge in [0, 0.05) is 25.6 Å². The highest BCUT2D eigenvalue weighted by Gasteiger charge is 2.36. The Morgan fingerprint density at radius 3 is 2.11 bits per heavy atom. The van der Waals surface area contributed by atoms with Gasteiger partial charge in [-0.15, -0.1) is 0 Å². The molecule has 19 heavy (non-hydrogen) atoms.